The number of hydrogen-bond acceptors (Lipinski definition) is 2. The molecule has 2 nitrogen and oxygen atoms in total. The minimum absolute atomic E-state index is 0.0409. The van der Waals surface area contributed by atoms with Gasteiger partial charge in [0.15, 0.2) is 11.6 Å². The third-order valence-corrected chi connectivity index (χ3v) is 3.23. The molecule has 5 heteroatoms. The SMILES string of the molecule is N#CC(CCCOc1ccc(F)cc1F)c1ccccc1F. The second-order valence-electron chi connectivity index (χ2n) is 4.77. The average molecular weight is 305 g/mol. The fraction of sp³-hybridized carbons (Fsp3) is 0.235. The first kappa shape index (κ1) is 15.9. The topological polar surface area (TPSA) is 33.0 Å². The first-order valence-electron chi connectivity index (χ1n) is 6.83. The minimum Gasteiger partial charge on any atom is -0.491 e. The van der Waals surface area contributed by atoms with Crippen molar-refractivity contribution >= 4 is 0 Å². The van der Waals surface area contributed by atoms with Crippen LogP contribution in [0, 0.1) is 28.8 Å². The highest BCUT2D eigenvalue weighted by molar-refractivity contribution is 5.26. The van der Waals surface area contributed by atoms with Gasteiger partial charge >= 0.3 is 0 Å². The van der Waals surface area contributed by atoms with Gasteiger partial charge in [-0.15, -0.1) is 0 Å². The fourth-order valence-electron chi connectivity index (χ4n) is 2.11. The minimum atomic E-state index is -0.772. The maximum absolute atomic E-state index is 13.6. The van der Waals surface area contributed by atoms with Crippen LogP contribution in [0.3, 0.4) is 0 Å². The molecule has 0 aliphatic carbocycles. The maximum atomic E-state index is 13.6. The van der Waals surface area contributed by atoms with Gasteiger partial charge in [-0.05, 0) is 31.0 Å². The zero-order valence-corrected chi connectivity index (χ0v) is 11.7. The number of nitriles is 1. The Morgan fingerprint density at radius 3 is 2.50 bits per heavy atom. The molecule has 0 saturated heterocycles. The first-order chi connectivity index (χ1) is 10.6. The summed E-state index contributed by atoms with van der Waals surface area (Å²) in [7, 11) is 0. The van der Waals surface area contributed by atoms with Gasteiger partial charge in [-0.3, -0.25) is 0 Å². The average Bonchev–Trinajstić information content (AvgIpc) is 2.50. The second-order valence-corrected chi connectivity index (χ2v) is 4.77. The summed E-state index contributed by atoms with van der Waals surface area (Å²) in [5.74, 6) is -2.48. The van der Waals surface area contributed by atoms with Crippen molar-refractivity contribution in [3.63, 3.8) is 0 Å². The Labute approximate surface area is 126 Å². The van der Waals surface area contributed by atoms with Crippen LogP contribution in [0.15, 0.2) is 42.5 Å². The van der Waals surface area contributed by atoms with Crippen LogP contribution in [0.25, 0.3) is 0 Å². The van der Waals surface area contributed by atoms with Crippen LogP contribution in [0.1, 0.15) is 24.3 Å². The lowest BCUT2D eigenvalue weighted by Crippen LogP contribution is -2.04. The molecule has 0 amide bonds. The molecule has 114 valence electrons. The Morgan fingerprint density at radius 1 is 1.05 bits per heavy atom. The molecule has 2 aromatic carbocycles. The highest BCUT2D eigenvalue weighted by Crippen LogP contribution is 2.24. The Hall–Kier alpha value is -2.48. The van der Waals surface area contributed by atoms with E-state index >= 15 is 0 Å². The van der Waals surface area contributed by atoms with Gasteiger partial charge in [0.1, 0.15) is 11.6 Å². The molecular weight excluding hydrogens is 291 g/mol. The van der Waals surface area contributed by atoms with Crippen molar-refractivity contribution in [1.29, 1.82) is 5.26 Å². The third kappa shape index (κ3) is 4.01. The summed E-state index contributed by atoms with van der Waals surface area (Å²) in [6.07, 6.45) is 0.837. The third-order valence-electron chi connectivity index (χ3n) is 3.23. The molecule has 0 aliphatic heterocycles. The zero-order valence-electron chi connectivity index (χ0n) is 11.7. The maximum Gasteiger partial charge on any atom is 0.167 e. The molecule has 0 bridgehead atoms. The molecule has 0 radical (unpaired) electrons. The van der Waals surface area contributed by atoms with Crippen LogP contribution in [0.4, 0.5) is 13.2 Å². The van der Waals surface area contributed by atoms with Gasteiger partial charge in [0.2, 0.25) is 0 Å². The molecule has 2 rings (SSSR count). The highest BCUT2D eigenvalue weighted by atomic mass is 19.1. The number of benzene rings is 2. The Morgan fingerprint density at radius 2 is 1.82 bits per heavy atom. The number of rotatable bonds is 6. The van der Waals surface area contributed by atoms with Crippen LogP contribution < -0.4 is 4.74 Å². The van der Waals surface area contributed by atoms with Crippen molar-refractivity contribution in [3.05, 3.63) is 65.5 Å². The monoisotopic (exact) mass is 305 g/mol. The standard InChI is InChI=1S/C17H14F3NO/c18-13-7-8-17(16(20)10-13)22-9-3-4-12(11-21)14-5-1-2-6-15(14)19/h1-2,5-8,10,12H,3-4,9H2. The summed E-state index contributed by atoms with van der Waals surface area (Å²) >= 11 is 0. The lowest BCUT2D eigenvalue weighted by atomic mass is 9.95. The van der Waals surface area contributed by atoms with E-state index in [-0.39, 0.29) is 12.4 Å². The molecule has 0 fully saturated rings. The summed E-state index contributed by atoms with van der Waals surface area (Å²) < 4.78 is 44.9. The molecule has 1 unspecified atom stereocenters. The molecule has 1 atom stereocenters. The zero-order chi connectivity index (χ0) is 15.9. The lowest BCUT2D eigenvalue weighted by Gasteiger charge is -2.11. The summed E-state index contributed by atoms with van der Waals surface area (Å²) in [6, 6.07) is 11.2. The largest absolute Gasteiger partial charge is 0.491 e. The van der Waals surface area contributed by atoms with Crippen LogP contribution in [-0.4, -0.2) is 6.61 Å². The van der Waals surface area contributed by atoms with E-state index in [9.17, 15) is 13.2 Å². The van der Waals surface area contributed by atoms with Gasteiger partial charge < -0.3 is 4.74 Å². The second kappa shape index (κ2) is 7.51. The van der Waals surface area contributed by atoms with Gasteiger partial charge in [-0.2, -0.15) is 5.26 Å². The molecule has 22 heavy (non-hydrogen) atoms. The van der Waals surface area contributed by atoms with E-state index in [1.165, 1.54) is 12.1 Å². The van der Waals surface area contributed by atoms with E-state index in [1.54, 1.807) is 18.2 Å². The number of halogens is 3. The Balaban J connectivity index is 1.87. The van der Waals surface area contributed by atoms with Crippen molar-refractivity contribution in [1.82, 2.24) is 0 Å². The van der Waals surface area contributed by atoms with Crippen molar-refractivity contribution in [2.24, 2.45) is 0 Å². The Bertz CT molecular complexity index is 682. The molecule has 0 aliphatic rings. The normalized spacial score (nSPS) is 11.7. The predicted molar refractivity (Wildman–Crippen MR) is 75.8 cm³/mol. The summed E-state index contributed by atoms with van der Waals surface area (Å²) in [5, 5.41) is 9.14. The smallest absolute Gasteiger partial charge is 0.167 e. The van der Waals surface area contributed by atoms with Gasteiger partial charge in [0.05, 0.1) is 18.6 Å². The first-order valence-corrected chi connectivity index (χ1v) is 6.83. The highest BCUT2D eigenvalue weighted by Gasteiger charge is 2.14. The van der Waals surface area contributed by atoms with Gasteiger partial charge in [-0.25, -0.2) is 13.2 Å². The van der Waals surface area contributed by atoms with Gasteiger partial charge in [0.25, 0.3) is 0 Å². The van der Waals surface area contributed by atoms with E-state index in [2.05, 4.69) is 6.07 Å². The molecule has 0 heterocycles. The van der Waals surface area contributed by atoms with Gasteiger partial charge in [0, 0.05) is 11.6 Å². The Kier molecular flexibility index (Phi) is 5.42. The quantitative estimate of drug-likeness (QED) is 0.732. The van der Waals surface area contributed by atoms with E-state index in [0.29, 0.717) is 18.4 Å². The molecular formula is C17H14F3NO. The summed E-state index contributed by atoms with van der Waals surface area (Å²) in [4.78, 5) is 0. The molecule has 0 spiro atoms. The number of ether oxygens (including phenoxy) is 1. The predicted octanol–water partition coefficient (Wildman–Crippen LogP) is 4.57. The van der Waals surface area contributed by atoms with Crippen LogP contribution in [0.5, 0.6) is 5.75 Å². The van der Waals surface area contributed by atoms with Gasteiger partial charge in [-0.1, -0.05) is 18.2 Å². The van der Waals surface area contributed by atoms with Crippen molar-refractivity contribution in [2.45, 2.75) is 18.8 Å². The molecule has 0 N–H and O–H groups in total. The molecule has 0 saturated carbocycles. The van der Waals surface area contributed by atoms with Crippen molar-refractivity contribution in [3.8, 4) is 11.8 Å². The van der Waals surface area contributed by atoms with E-state index in [0.717, 1.165) is 12.1 Å². The summed E-state index contributed by atoms with van der Waals surface area (Å²) in [5.41, 5.74) is 0.345. The van der Waals surface area contributed by atoms with Crippen molar-refractivity contribution < 1.29 is 17.9 Å². The summed E-state index contributed by atoms with van der Waals surface area (Å²) in [6.45, 7) is 0.162. The lowest BCUT2D eigenvalue weighted by molar-refractivity contribution is 0.289. The van der Waals surface area contributed by atoms with Crippen molar-refractivity contribution in [2.75, 3.05) is 6.61 Å². The van der Waals surface area contributed by atoms with Crippen LogP contribution >= 0.6 is 0 Å². The fourth-order valence-corrected chi connectivity index (χ4v) is 2.11. The number of hydrogen-bond donors (Lipinski definition) is 0. The van der Waals surface area contributed by atoms with Crippen LogP contribution in [0.2, 0.25) is 0 Å². The molecule has 2 aromatic rings. The van der Waals surface area contributed by atoms with E-state index in [1.807, 2.05) is 0 Å². The van der Waals surface area contributed by atoms with E-state index < -0.39 is 23.4 Å². The van der Waals surface area contributed by atoms with Crippen LogP contribution in [-0.2, 0) is 0 Å². The number of nitrogens with zero attached hydrogens (tertiary/aromatic N) is 1. The van der Waals surface area contributed by atoms with E-state index in [4.69, 9.17) is 10.00 Å². The molecule has 0 aromatic heterocycles.